The third-order valence-corrected chi connectivity index (χ3v) is 4.10. The normalized spacial score (nSPS) is 18.9. The van der Waals surface area contributed by atoms with Gasteiger partial charge in [0.2, 0.25) is 0 Å². The fourth-order valence-corrected chi connectivity index (χ4v) is 2.84. The van der Waals surface area contributed by atoms with E-state index in [1.807, 2.05) is 0 Å². The molecule has 0 atom stereocenters. The minimum absolute atomic E-state index is 0.149. The average molecular weight is 247 g/mol. The summed E-state index contributed by atoms with van der Waals surface area (Å²) in [4.78, 5) is 0. The molecule has 1 fully saturated rings. The molecule has 2 N–H and O–H groups in total. The highest BCUT2D eigenvalue weighted by molar-refractivity contribution is 5.44. The molecule has 18 heavy (non-hydrogen) atoms. The number of methoxy groups -OCH3 is 1. The third kappa shape index (κ3) is 2.39. The van der Waals surface area contributed by atoms with E-state index in [1.165, 1.54) is 24.0 Å². The van der Waals surface area contributed by atoms with Gasteiger partial charge in [-0.05, 0) is 36.0 Å². The lowest BCUT2D eigenvalue weighted by Gasteiger charge is -2.29. The molecule has 0 radical (unpaired) electrons. The number of rotatable bonds is 2. The molecule has 1 aromatic rings. The second-order valence-electron chi connectivity index (χ2n) is 6.53. The molecule has 0 heterocycles. The molecule has 2 rings (SSSR count). The summed E-state index contributed by atoms with van der Waals surface area (Å²) in [5, 5.41) is 0. The maximum Gasteiger partial charge on any atom is 0.123 e. The Bertz CT molecular complexity index is 425. The predicted octanol–water partition coefficient (Wildman–Crippen LogP) is 3.72. The van der Waals surface area contributed by atoms with Gasteiger partial charge in [-0.15, -0.1) is 0 Å². The number of benzene rings is 1. The van der Waals surface area contributed by atoms with Crippen LogP contribution in [0.25, 0.3) is 0 Å². The molecule has 2 heteroatoms. The van der Waals surface area contributed by atoms with Crippen molar-refractivity contribution in [2.45, 2.75) is 57.4 Å². The van der Waals surface area contributed by atoms with E-state index < -0.39 is 0 Å². The van der Waals surface area contributed by atoms with E-state index in [1.54, 1.807) is 7.11 Å². The summed E-state index contributed by atoms with van der Waals surface area (Å²) in [5.41, 5.74) is 9.07. The predicted molar refractivity (Wildman–Crippen MR) is 76.0 cm³/mol. The maximum atomic E-state index is 6.59. The van der Waals surface area contributed by atoms with Gasteiger partial charge in [-0.25, -0.2) is 0 Å². The molecule has 0 saturated heterocycles. The van der Waals surface area contributed by atoms with Crippen LogP contribution >= 0.6 is 0 Å². The van der Waals surface area contributed by atoms with E-state index >= 15 is 0 Å². The van der Waals surface area contributed by atoms with Crippen LogP contribution in [0.5, 0.6) is 5.75 Å². The van der Waals surface area contributed by atoms with E-state index in [2.05, 4.69) is 39.0 Å². The second kappa shape index (κ2) is 4.58. The molecule has 0 amide bonds. The molecule has 0 unspecified atom stereocenters. The fourth-order valence-electron chi connectivity index (χ4n) is 2.84. The Labute approximate surface area is 111 Å². The van der Waals surface area contributed by atoms with Crippen molar-refractivity contribution in [3.8, 4) is 5.75 Å². The average Bonchev–Trinajstić information content (AvgIpc) is 2.75. The first-order valence-electron chi connectivity index (χ1n) is 6.85. The minimum Gasteiger partial charge on any atom is -0.496 e. The van der Waals surface area contributed by atoms with E-state index in [-0.39, 0.29) is 11.0 Å². The Hall–Kier alpha value is -1.02. The smallest absolute Gasteiger partial charge is 0.123 e. The van der Waals surface area contributed by atoms with Gasteiger partial charge in [0.1, 0.15) is 5.75 Å². The van der Waals surface area contributed by atoms with E-state index in [0.717, 1.165) is 18.6 Å². The van der Waals surface area contributed by atoms with Crippen molar-refractivity contribution in [1.29, 1.82) is 0 Å². The summed E-state index contributed by atoms with van der Waals surface area (Å²) < 4.78 is 5.51. The van der Waals surface area contributed by atoms with Gasteiger partial charge < -0.3 is 10.5 Å². The molecule has 0 aromatic heterocycles. The van der Waals surface area contributed by atoms with E-state index in [0.29, 0.717) is 0 Å². The highest BCUT2D eigenvalue weighted by Crippen LogP contribution is 2.42. The lowest BCUT2D eigenvalue weighted by molar-refractivity contribution is 0.378. The lowest BCUT2D eigenvalue weighted by atomic mass is 9.81. The molecule has 1 aromatic carbocycles. The standard InChI is InChI=1S/C16H25NO/c1-15(2,3)12-7-8-14(18-4)13(11-12)16(17)9-5-6-10-16/h7-8,11H,5-6,9-10,17H2,1-4H3. The molecule has 1 aliphatic rings. The van der Waals surface area contributed by atoms with Gasteiger partial charge in [0, 0.05) is 11.1 Å². The SMILES string of the molecule is COc1ccc(C(C)(C)C)cc1C1(N)CCCC1. The van der Waals surface area contributed by atoms with Gasteiger partial charge in [-0.2, -0.15) is 0 Å². The molecule has 1 saturated carbocycles. The molecular formula is C16H25NO. The summed E-state index contributed by atoms with van der Waals surface area (Å²) in [6.07, 6.45) is 4.58. The van der Waals surface area contributed by atoms with Crippen LogP contribution in [0.3, 0.4) is 0 Å². The van der Waals surface area contributed by atoms with Gasteiger partial charge in [0.05, 0.1) is 7.11 Å². The Balaban J connectivity index is 2.49. The van der Waals surface area contributed by atoms with Gasteiger partial charge in [-0.1, -0.05) is 39.7 Å². The molecule has 0 aliphatic heterocycles. The first kappa shape index (κ1) is 13.4. The maximum absolute atomic E-state index is 6.59. The molecule has 1 aliphatic carbocycles. The van der Waals surface area contributed by atoms with Crippen molar-refractivity contribution in [3.05, 3.63) is 29.3 Å². The number of nitrogens with two attached hydrogens (primary N) is 1. The van der Waals surface area contributed by atoms with Crippen LogP contribution in [-0.4, -0.2) is 7.11 Å². The third-order valence-electron chi connectivity index (χ3n) is 4.10. The van der Waals surface area contributed by atoms with Gasteiger partial charge in [-0.3, -0.25) is 0 Å². The topological polar surface area (TPSA) is 35.2 Å². The number of hydrogen-bond acceptors (Lipinski definition) is 2. The molecular weight excluding hydrogens is 222 g/mol. The van der Waals surface area contributed by atoms with Crippen molar-refractivity contribution in [3.63, 3.8) is 0 Å². The van der Waals surface area contributed by atoms with Crippen LogP contribution in [0.2, 0.25) is 0 Å². The van der Waals surface area contributed by atoms with Crippen LogP contribution in [0.15, 0.2) is 18.2 Å². The van der Waals surface area contributed by atoms with Gasteiger partial charge in [0.15, 0.2) is 0 Å². The number of hydrogen-bond donors (Lipinski definition) is 1. The van der Waals surface area contributed by atoms with Crippen LogP contribution in [0.1, 0.15) is 57.6 Å². The van der Waals surface area contributed by atoms with Crippen molar-refractivity contribution in [1.82, 2.24) is 0 Å². The zero-order valence-corrected chi connectivity index (χ0v) is 12.0. The quantitative estimate of drug-likeness (QED) is 0.864. The van der Waals surface area contributed by atoms with Crippen LogP contribution in [0, 0.1) is 0 Å². The summed E-state index contributed by atoms with van der Waals surface area (Å²) >= 11 is 0. The molecule has 0 spiro atoms. The first-order chi connectivity index (χ1) is 8.37. The number of ether oxygens (including phenoxy) is 1. The highest BCUT2D eigenvalue weighted by atomic mass is 16.5. The zero-order valence-electron chi connectivity index (χ0n) is 12.0. The second-order valence-corrected chi connectivity index (χ2v) is 6.53. The largest absolute Gasteiger partial charge is 0.496 e. The lowest BCUT2D eigenvalue weighted by Crippen LogP contribution is -2.34. The van der Waals surface area contributed by atoms with Crippen molar-refractivity contribution >= 4 is 0 Å². The minimum atomic E-state index is -0.188. The van der Waals surface area contributed by atoms with Gasteiger partial charge >= 0.3 is 0 Å². The Morgan fingerprint density at radius 1 is 1.17 bits per heavy atom. The monoisotopic (exact) mass is 247 g/mol. The first-order valence-corrected chi connectivity index (χ1v) is 6.85. The van der Waals surface area contributed by atoms with Crippen molar-refractivity contribution < 1.29 is 4.74 Å². The van der Waals surface area contributed by atoms with Crippen LogP contribution in [-0.2, 0) is 11.0 Å². The van der Waals surface area contributed by atoms with Gasteiger partial charge in [0.25, 0.3) is 0 Å². The van der Waals surface area contributed by atoms with Crippen molar-refractivity contribution in [2.24, 2.45) is 5.73 Å². The summed E-state index contributed by atoms with van der Waals surface area (Å²) in [5.74, 6) is 0.937. The van der Waals surface area contributed by atoms with Crippen LogP contribution < -0.4 is 10.5 Å². The zero-order chi connectivity index (χ0) is 13.4. The van der Waals surface area contributed by atoms with E-state index in [4.69, 9.17) is 10.5 Å². The van der Waals surface area contributed by atoms with E-state index in [9.17, 15) is 0 Å². The molecule has 2 nitrogen and oxygen atoms in total. The Morgan fingerprint density at radius 2 is 1.78 bits per heavy atom. The molecule has 100 valence electrons. The van der Waals surface area contributed by atoms with Crippen molar-refractivity contribution in [2.75, 3.05) is 7.11 Å². The summed E-state index contributed by atoms with van der Waals surface area (Å²) in [6.45, 7) is 6.70. The summed E-state index contributed by atoms with van der Waals surface area (Å²) in [7, 11) is 1.73. The summed E-state index contributed by atoms with van der Waals surface area (Å²) in [6, 6.07) is 6.48. The molecule has 0 bridgehead atoms. The Morgan fingerprint density at radius 3 is 2.28 bits per heavy atom. The fraction of sp³-hybridized carbons (Fsp3) is 0.625. The highest BCUT2D eigenvalue weighted by Gasteiger charge is 2.34. The van der Waals surface area contributed by atoms with Crippen LogP contribution in [0.4, 0.5) is 0 Å². The Kier molecular flexibility index (Phi) is 3.41.